The quantitative estimate of drug-likeness (QED) is 0.641. The van der Waals surface area contributed by atoms with E-state index in [1.807, 2.05) is 0 Å². The highest BCUT2D eigenvalue weighted by atomic mass is 32.2. The fourth-order valence-electron chi connectivity index (χ4n) is 0.844. The zero-order chi connectivity index (χ0) is 8.97. The van der Waals surface area contributed by atoms with Crippen molar-refractivity contribution in [1.29, 1.82) is 0 Å². The van der Waals surface area contributed by atoms with Crippen molar-refractivity contribution in [1.82, 2.24) is 9.97 Å². The second-order valence-corrected chi connectivity index (χ2v) is 3.42. The Hall–Kier alpha value is -0.810. The van der Waals surface area contributed by atoms with Gasteiger partial charge >= 0.3 is 0 Å². The minimum absolute atomic E-state index is 0.0734. The summed E-state index contributed by atoms with van der Waals surface area (Å²) in [5.41, 5.74) is 0. The normalized spacial score (nSPS) is 15.5. The number of nitrogens with zero attached hydrogens (tertiary/aromatic N) is 2. The van der Waals surface area contributed by atoms with Crippen molar-refractivity contribution in [2.75, 3.05) is 5.75 Å². The fourth-order valence-corrected chi connectivity index (χ4v) is 1.40. The monoisotopic (exact) mass is 185 g/mol. The van der Waals surface area contributed by atoms with E-state index in [0.29, 0.717) is 5.82 Å². The molecule has 1 rings (SSSR count). The summed E-state index contributed by atoms with van der Waals surface area (Å²) in [6.45, 7) is 1.78. The van der Waals surface area contributed by atoms with Gasteiger partial charge in [-0.15, -0.1) is 0 Å². The second kappa shape index (κ2) is 4.27. The van der Waals surface area contributed by atoms with Gasteiger partial charge in [-0.1, -0.05) is 18.0 Å². The van der Waals surface area contributed by atoms with Crippen molar-refractivity contribution in [2.24, 2.45) is 0 Å². The van der Waals surface area contributed by atoms with Gasteiger partial charge in [0.25, 0.3) is 0 Å². The molecule has 0 aliphatic carbocycles. The largest absolute Gasteiger partial charge is 0.772 e. The van der Waals surface area contributed by atoms with Crippen molar-refractivity contribution in [3.8, 4) is 0 Å². The average molecular weight is 185 g/mol. The molecule has 1 heterocycles. The summed E-state index contributed by atoms with van der Waals surface area (Å²) in [6, 6.07) is 1.70. The third-order valence-corrected chi connectivity index (χ3v) is 2.18. The maximum atomic E-state index is 10.3. The highest BCUT2D eigenvalue weighted by Crippen LogP contribution is 2.08. The summed E-state index contributed by atoms with van der Waals surface area (Å²) in [6.07, 6.45) is 3.21. The van der Waals surface area contributed by atoms with Gasteiger partial charge in [0, 0.05) is 24.1 Å². The molecule has 1 aromatic heterocycles. The third kappa shape index (κ3) is 2.67. The Morgan fingerprint density at radius 3 is 2.67 bits per heavy atom. The molecule has 2 atom stereocenters. The van der Waals surface area contributed by atoms with E-state index in [0.717, 1.165) is 0 Å². The Balaban J connectivity index is 2.65. The zero-order valence-corrected chi connectivity index (χ0v) is 7.45. The van der Waals surface area contributed by atoms with Crippen LogP contribution in [0.5, 0.6) is 0 Å². The van der Waals surface area contributed by atoms with Gasteiger partial charge < -0.3 is 4.55 Å². The van der Waals surface area contributed by atoms with Crippen LogP contribution in [-0.2, 0) is 11.1 Å². The molecule has 0 aliphatic rings. The lowest BCUT2D eigenvalue weighted by Gasteiger charge is -2.10. The summed E-state index contributed by atoms with van der Waals surface area (Å²) in [5, 5.41) is 0. The van der Waals surface area contributed by atoms with Gasteiger partial charge in [-0.3, -0.25) is 4.21 Å². The Morgan fingerprint density at radius 2 is 2.17 bits per heavy atom. The molecule has 0 fully saturated rings. The number of rotatable bonds is 3. The first-order valence-corrected chi connectivity index (χ1v) is 4.77. The number of aromatic nitrogens is 2. The molecule has 0 saturated heterocycles. The van der Waals surface area contributed by atoms with Crippen LogP contribution in [-0.4, -0.2) is 24.5 Å². The van der Waals surface area contributed by atoms with Crippen molar-refractivity contribution in [3.05, 3.63) is 24.3 Å². The summed E-state index contributed by atoms with van der Waals surface area (Å²) in [7, 11) is 0. The van der Waals surface area contributed by atoms with Crippen molar-refractivity contribution >= 4 is 11.1 Å². The topological polar surface area (TPSA) is 65.9 Å². The van der Waals surface area contributed by atoms with E-state index >= 15 is 0 Å². The summed E-state index contributed by atoms with van der Waals surface area (Å²) >= 11 is -2.03. The number of hydrogen-bond donors (Lipinski definition) is 0. The van der Waals surface area contributed by atoms with Crippen LogP contribution >= 0.6 is 0 Å². The fraction of sp³-hybridized carbons (Fsp3) is 0.429. The molecule has 0 saturated carbocycles. The summed E-state index contributed by atoms with van der Waals surface area (Å²) < 4.78 is 20.7. The van der Waals surface area contributed by atoms with Crippen LogP contribution in [0.25, 0.3) is 0 Å². The van der Waals surface area contributed by atoms with Gasteiger partial charge in [0.2, 0.25) is 0 Å². The predicted octanol–water partition coefficient (Wildman–Crippen LogP) is 0.459. The first-order valence-electron chi connectivity index (χ1n) is 3.53. The maximum Gasteiger partial charge on any atom is 0.131 e. The summed E-state index contributed by atoms with van der Waals surface area (Å²) in [4.78, 5) is 7.89. The van der Waals surface area contributed by atoms with Gasteiger partial charge in [-0.05, 0) is 6.07 Å². The molecule has 0 aromatic carbocycles. The van der Waals surface area contributed by atoms with Crippen molar-refractivity contribution in [3.63, 3.8) is 0 Å². The van der Waals surface area contributed by atoms with E-state index in [4.69, 9.17) is 0 Å². The molecular weight excluding hydrogens is 176 g/mol. The van der Waals surface area contributed by atoms with E-state index in [1.165, 1.54) is 0 Å². The highest BCUT2D eigenvalue weighted by Gasteiger charge is 2.06. The van der Waals surface area contributed by atoms with Crippen molar-refractivity contribution in [2.45, 2.75) is 12.8 Å². The molecule has 5 heteroatoms. The molecule has 0 amide bonds. The Morgan fingerprint density at radius 1 is 1.58 bits per heavy atom. The lowest BCUT2D eigenvalue weighted by atomic mass is 10.2. The molecule has 0 aliphatic heterocycles. The second-order valence-electron chi connectivity index (χ2n) is 2.48. The Kier molecular flexibility index (Phi) is 3.31. The lowest BCUT2D eigenvalue weighted by Crippen LogP contribution is -2.08. The van der Waals surface area contributed by atoms with Gasteiger partial charge in [-0.25, -0.2) is 9.97 Å². The van der Waals surface area contributed by atoms with Crippen LogP contribution in [0.4, 0.5) is 0 Å². The molecular formula is C7H9N2O2S-. The van der Waals surface area contributed by atoms with Gasteiger partial charge in [0.05, 0.1) is 0 Å². The highest BCUT2D eigenvalue weighted by molar-refractivity contribution is 7.79. The van der Waals surface area contributed by atoms with Crippen LogP contribution in [0.15, 0.2) is 18.5 Å². The zero-order valence-electron chi connectivity index (χ0n) is 6.64. The first-order chi connectivity index (χ1) is 5.70. The van der Waals surface area contributed by atoms with Crippen LogP contribution < -0.4 is 0 Å². The predicted molar refractivity (Wildman–Crippen MR) is 44.2 cm³/mol. The van der Waals surface area contributed by atoms with Gasteiger partial charge in [0.15, 0.2) is 0 Å². The molecule has 0 bridgehead atoms. The molecule has 0 spiro atoms. The van der Waals surface area contributed by atoms with E-state index in [1.54, 1.807) is 25.4 Å². The van der Waals surface area contributed by atoms with E-state index < -0.39 is 11.1 Å². The molecule has 0 radical (unpaired) electrons. The Bertz CT molecular complexity index is 265. The van der Waals surface area contributed by atoms with Crippen LogP contribution in [0, 0.1) is 0 Å². The van der Waals surface area contributed by atoms with Crippen molar-refractivity contribution < 1.29 is 8.76 Å². The standard InChI is InChI=1S/C7H10N2O2S/c1-6(5-12(10)11)7-8-3-2-4-9-7/h2-4,6H,5H2,1H3,(H,10,11)/p-1. The SMILES string of the molecule is CC(CS(=O)[O-])c1ncccn1. The first kappa shape index (κ1) is 9.28. The van der Waals surface area contributed by atoms with Crippen LogP contribution in [0.1, 0.15) is 18.7 Å². The Labute approximate surface area is 73.3 Å². The van der Waals surface area contributed by atoms with E-state index in [2.05, 4.69) is 9.97 Å². The minimum atomic E-state index is -2.03. The van der Waals surface area contributed by atoms with Crippen LogP contribution in [0.3, 0.4) is 0 Å². The van der Waals surface area contributed by atoms with Gasteiger partial charge in [0.1, 0.15) is 5.82 Å². The third-order valence-electron chi connectivity index (χ3n) is 1.41. The van der Waals surface area contributed by atoms with Crippen LogP contribution in [0.2, 0.25) is 0 Å². The minimum Gasteiger partial charge on any atom is -0.772 e. The number of hydrogen-bond acceptors (Lipinski definition) is 4. The maximum absolute atomic E-state index is 10.3. The molecule has 12 heavy (non-hydrogen) atoms. The molecule has 2 unspecified atom stereocenters. The average Bonchev–Trinajstić information content (AvgIpc) is 2.05. The van der Waals surface area contributed by atoms with E-state index in [-0.39, 0.29) is 11.7 Å². The summed E-state index contributed by atoms with van der Waals surface area (Å²) in [5.74, 6) is 0.510. The molecule has 4 nitrogen and oxygen atoms in total. The molecule has 66 valence electrons. The molecule has 0 N–H and O–H groups in total. The molecule has 1 aromatic rings. The smallest absolute Gasteiger partial charge is 0.131 e. The van der Waals surface area contributed by atoms with E-state index in [9.17, 15) is 8.76 Å². The van der Waals surface area contributed by atoms with Gasteiger partial charge in [-0.2, -0.15) is 0 Å². The lowest BCUT2D eigenvalue weighted by molar-refractivity contribution is 0.531.